The summed E-state index contributed by atoms with van der Waals surface area (Å²) in [5, 5.41) is 4.54. The van der Waals surface area contributed by atoms with Gasteiger partial charge < -0.3 is 15.0 Å². The molecule has 34 heavy (non-hydrogen) atoms. The summed E-state index contributed by atoms with van der Waals surface area (Å²) in [7, 11) is 0. The Labute approximate surface area is 203 Å². The zero-order chi connectivity index (χ0) is 23.8. The summed E-state index contributed by atoms with van der Waals surface area (Å²) in [4.78, 5) is 37.3. The van der Waals surface area contributed by atoms with Gasteiger partial charge in [-0.15, -0.1) is 22.7 Å². The number of thiazole rings is 2. The molecule has 2 aromatic heterocycles. The van der Waals surface area contributed by atoms with Gasteiger partial charge in [0.2, 0.25) is 0 Å². The first-order valence-electron chi connectivity index (χ1n) is 10.7. The Balaban J connectivity index is 1.30. The molecule has 2 amide bonds. The van der Waals surface area contributed by atoms with Crippen LogP contribution >= 0.6 is 22.7 Å². The fourth-order valence-electron chi connectivity index (χ4n) is 3.89. The second kappa shape index (κ2) is 9.21. The van der Waals surface area contributed by atoms with E-state index in [1.807, 2.05) is 19.9 Å². The number of hydrogen-bond acceptors (Lipinski definition) is 7. The molecular weight excluding hydrogens is 475 g/mol. The number of hydrogen-bond donors (Lipinski definition) is 1. The molecule has 4 aromatic rings. The lowest BCUT2D eigenvalue weighted by Gasteiger charge is -2.23. The highest BCUT2D eigenvalue weighted by molar-refractivity contribution is 7.18. The van der Waals surface area contributed by atoms with Gasteiger partial charge in [0.25, 0.3) is 11.8 Å². The summed E-state index contributed by atoms with van der Waals surface area (Å²) >= 11 is 2.96. The first kappa shape index (κ1) is 22.6. The summed E-state index contributed by atoms with van der Waals surface area (Å²) < 4.78 is 20.1. The molecule has 1 aliphatic heterocycles. The van der Waals surface area contributed by atoms with Gasteiger partial charge in [0, 0.05) is 12.1 Å². The van der Waals surface area contributed by atoms with E-state index in [1.54, 1.807) is 40.5 Å². The molecule has 174 valence electrons. The fourth-order valence-corrected chi connectivity index (χ4v) is 5.62. The van der Waals surface area contributed by atoms with Gasteiger partial charge >= 0.3 is 0 Å². The van der Waals surface area contributed by atoms with Crippen LogP contribution in [0.5, 0.6) is 0 Å². The number of nitrogens with one attached hydrogen (secondary N) is 1. The molecule has 10 heteroatoms. The lowest BCUT2D eigenvalue weighted by Crippen LogP contribution is -2.44. The monoisotopic (exact) mass is 496 g/mol. The van der Waals surface area contributed by atoms with Crippen LogP contribution < -0.4 is 5.32 Å². The van der Waals surface area contributed by atoms with Crippen LogP contribution in [0, 0.1) is 19.7 Å². The van der Waals surface area contributed by atoms with E-state index >= 15 is 0 Å². The Morgan fingerprint density at radius 1 is 1.12 bits per heavy atom. The third-order valence-corrected chi connectivity index (χ3v) is 7.46. The van der Waals surface area contributed by atoms with Gasteiger partial charge in [-0.05, 0) is 49.7 Å². The molecule has 1 unspecified atom stereocenters. The topological polar surface area (TPSA) is 84.4 Å². The van der Waals surface area contributed by atoms with E-state index < -0.39 is 6.23 Å². The average Bonchev–Trinajstić information content (AvgIpc) is 3.54. The minimum Gasteiger partial charge on any atom is -0.355 e. The van der Waals surface area contributed by atoms with Crippen LogP contribution in [0.4, 0.5) is 4.39 Å². The minimum atomic E-state index is -0.607. The first-order valence-corrected chi connectivity index (χ1v) is 12.3. The number of benzene rings is 2. The van der Waals surface area contributed by atoms with Crippen molar-refractivity contribution in [3.63, 3.8) is 0 Å². The Hall–Kier alpha value is -3.21. The molecule has 3 heterocycles. The quantitative estimate of drug-likeness (QED) is 0.443. The molecule has 0 saturated carbocycles. The Kier molecular flexibility index (Phi) is 6.11. The van der Waals surface area contributed by atoms with Crippen molar-refractivity contribution in [2.75, 3.05) is 19.7 Å². The standard InChI is InChI=1S/C24H21FN4O3S2/c1-13-27-18-11-16(5-8-19(18)33-13)23(30)26-12-20-29(9-10-32-20)24(31)21-22(34-14(2)28-21)15-3-6-17(25)7-4-15/h3-8,11,20H,9-10,12H2,1-2H3,(H,26,30). The lowest BCUT2D eigenvalue weighted by molar-refractivity contribution is 0.0277. The largest absolute Gasteiger partial charge is 0.355 e. The van der Waals surface area contributed by atoms with Gasteiger partial charge in [0.15, 0.2) is 0 Å². The van der Waals surface area contributed by atoms with Crippen LogP contribution in [0.15, 0.2) is 42.5 Å². The number of aryl methyl sites for hydroxylation is 2. The molecule has 1 N–H and O–H groups in total. The molecule has 1 fully saturated rings. The van der Waals surface area contributed by atoms with E-state index in [-0.39, 0.29) is 24.2 Å². The van der Waals surface area contributed by atoms with Crippen molar-refractivity contribution in [1.82, 2.24) is 20.2 Å². The molecule has 1 atom stereocenters. The smallest absolute Gasteiger partial charge is 0.276 e. The van der Waals surface area contributed by atoms with Gasteiger partial charge in [-0.25, -0.2) is 14.4 Å². The highest BCUT2D eigenvalue weighted by Crippen LogP contribution is 2.32. The highest BCUT2D eigenvalue weighted by atomic mass is 32.1. The van der Waals surface area contributed by atoms with Crippen LogP contribution in [0.3, 0.4) is 0 Å². The third kappa shape index (κ3) is 4.44. The molecule has 0 spiro atoms. The van der Waals surface area contributed by atoms with E-state index in [4.69, 9.17) is 4.74 Å². The van der Waals surface area contributed by atoms with Crippen molar-refractivity contribution < 1.29 is 18.7 Å². The normalized spacial score (nSPS) is 15.7. The summed E-state index contributed by atoms with van der Waals surface area (Å²) in [5.41, 5.74) is 2.33. The molecule has 0 bridgehead atoms. The maximum atomic E-state index is 13.4. The van der Waals surface area contributed by atoms with E-state index in [0.29, 0.717) is 29.3 Å². The molecule has 0 aliphatic carbocycles. The van der Waals surface area contributed by atoms with Crippen molar-refractivity contribution in [3.05, 3.63) is 69.6 Å². The third-order valence-electron chi connectivity index (χ3n) is 5.49. The first-order chi connectivity index (χ1) is 16.4. The number of carbonyl (C=O) groups is 2. The van der Waals surface area contributed by atoms with E-state index in [0.717, 1.165) is 25.8 Å². The summed E-state index contributed by atoms with van der Waals surface area (Å²) in [5.74, 6) is -0.877. The van der Waals surface area contributed by atoms with Crippen LogP contribution in [0.25, 0.3) is 20.7 Å². The van der Waals surface area contributed by atoms with Crippen LogP contribution in [0.2, 0.25) is 0 Å². The second-order valence-corrected chi connectivity index (χ2v) is 10.3. The van der Waals surface area contributed by atoms with Gasteiger partial charge in [0.05, 0.1) is 38.3 Å². The number of fused-ring (bicyclic) bond motifs is 1. The molecule has 0 radical (unpaired) electrons. The molecule has 7 nitrogen and oxygen atoms in total. The highest BCUT2D eigenvalue weighted by Gasteiger charge is 2.33. The average molecular weight is 497 g/mol. The van der Waals surface area contributed by atoms with Crippen molar-refractivity contribution in [1.29, 1.82) is 0 Å². The SMILES string of the molecule is Cc1nc(C(=O)N2CCOC2CNC(=O)c2ccc3sc(C)nc3c2)c(-c2ccc(F)cc2)s1. The Morgan fingerprint density at radius 3 is 2.68 bits per heavy atom. The zero-order valence-corrected chi connectivity index (χ0v) is 20.1. The molecule has 1 saturated heterocycles. The van der Waals surface area contributed by atoms with E-state index in [2.05, 4.69) is 15.3 Å². The molecule has 1 aliphatic rings. The summed E-state index contributed by atoms with van der Waals surface area (Å²) in [6, 6.07) is 11.4. The summed E-state index contributed by atoms with van der Waals surface area (Å²) in [6.45, 7) is 4.66. The zero-order valence-electron chi connectivity index (χ0n) is 18.5. The predicted octanol–water partition coefficient (Wildman–Crippen LogP) is 4.40. The number of amides is 2. The van der Waals surface area contributed by atoms with Gasteiger partial charge in [-0.1, -0.05) is 12.1 Å². The maximum absolute atomic E-state index is 13.4. The maximum Gasteiger partial charge on any atom is 0.276 e. The summed E-state index contributed by atoms with van der Waals surface area (Å²) in [6.07, 6.45) is -0.607. The fraction of sp³-hybridized carbons (Fsp3) is 0.250. The van der Waals surface area contributed by atoms with E-state index in [9.17, 15) is 14.0 Å². The second-order valence-electron chi connectivity index (χ2n) is 7.87. The van der Waals surface area contributed by atoms with Gasteiger partial charge in [0.1, 0.15) is 17.7 Å². The molecular formula is C24H21FN4O3S2. The number of rotatable bonds is 5. The number of halogens is 1. The number of ether oxygens (including phenoxy) is 1. The Bertz CT molecular complexity index is 1380. The molecule has 2 aromatic carbocycles. The number of carbonyl (C=O) groups excluding carboxylic acids is 2. The molecule has 5 rings (SSSR count). The van der Waals surface area contributed by atoms with E-state index in [1.165, 1.54) is 23.5 Å². The lowest BCUT2D eigenvalue weighted by atomic mass is 10.1. The van der Waals surface area contributed by atoms with Crippen molar-refractivity contribution >= 4 is 44.7 Å². The van der Waals surface area contributed by atoms with Gasteiger partial charge in [-0.3, -0.25) is 9.59 Å². The number of nitrogens with zero attached hydrogens (tertiary/aromatic N) is 3. The number of aromatic nitrogens is 2. The van der Waals surface area contributed by atoms with Crippen LogP contribution in [-0.2, 0) is 4.74 Å². The van der Waals surface area contributed by atoms with Crippen molar-refractivity contribution in [3.8, 4) is 10.4 Å². The van der Waals surface area contributed by atoms with Crippen LogP contribution in [0.1, 0.15) is 30.9 Å². The minimum absolute atomic E-state index is 0.147. The van der Waals surface area contributed by atoms with Gasteiger partial charge in [-0.2, -0.15) is 0 Å². The Morgan fingerprint density at radius 2 is 1.88 bits per heavy atom. The van der Waals surface area contributed by atoms with Crippen molar-refractivity contribution in [2.45, 2.75) is 20.1 Å². The predicted molar refractivity (Wildman–Crippen MR) is 130 cm³/mol. The van der Waals surface area contributed by atoms with Crippen molar-refractivity contribution in [2.24, 2.45) is 0 Å². The van der Waals surface area contributed by atoms with Crippen LogP contribution in [-0.4, -0.2) is 52.6 Å².